The monoisotopic (exact) mass is 591 g/mol. The zero-order valence-electron chi connectivity index (χ0n) is 26.1. The minimum atomic E-state index is -1.17. The van der Waals surface area contributed by atoms with Crippen molar-refractivity contribution in [2.75, 3.05) is 6.54 Å². The van der Waals surface area contributed by atoms with Gasteiger partial charge in [0, 0.05) is 11.9 Å². The van der Waals surface area contributed by atoms with E-state index in [0.717, 1.165) is 10.9 Å². The van der Waals surface area contributed by atoms with Crippen LogP contribution in [-0.2, 0) is 16.0 Å². The second kappa shape index (κ2) is 14.4. The summed E-state index contributed by atoms with van der Waals surface area (Å²) in [6.45, 7) is 12.7. The van der Waals surface area contributed by atoms with Crippen LogP contribution in [0.5, 0.6) is 0 Å². The molecule has 0 unspecified atom stereocenters. The molecule has 3 amide bonds. The van der Waals surface area contributed by atoms with Gasteiger partial charge in [0.2, 0.25) is 5.91 Å². The van der Waals surface area contributed by atoms with Crippen LogP contribution in [0, 0.1) is 11.8 Å². The van der Waals surface area contributed by atoms with Crippen LogP contribution < -0.4 is 21.5 Å². The molecule has 3 rings (SSSR count). The molecule has 43 heavy (non-hydrogen) atoms. The highest BCUT2D eigenvalue weighted by Crippen LogP contribution is 2.27. The number of carbonyl (C=O) groups excluding carboxylic acids is 3. The van der Waals surface area contributed by atoms with E-state index >= 15 is 0 Å². The third-order valence-electron chi connectivity index (χ3n) is 7.27. The molecule has 3 atom stereocenters. The van der Waals surface area contributed by atoms with E-state index in [9.17, 15) is 19.5 Å². The number of carbonyl (C=O) groups is 3. The standard InChI is InChI=1S/C33H45N5O5/c1-21(2)28(36-29(40)26-18-17-24-15-11-12-16-25(24)35-26)30(41)37-33(22(3)4,19-23-13-9-8-10-14-23)27(39)20-34-38-31(42)43-32(5,6)7/h8-18,21-22,27-28,34,39H,19-20H2,1-7H3,(H,36,40)(H,37,41)(H,38,42)/t27-,28+,33+/m1/s1. The van der Waals surface area contributed by atoms with Crippen molar-refractivity contribution in [3.05, 3.63) is 78.0 Å². The predicted octanol–water partition coefficient (Wildman–Crippen LogP) is 4.13. The number of ether oxygens (including phenoxy) is 1. The highest BCUT2D eigenvalue weighted by Gasteiger charge is 2.44. The van der Waals surface area contributed by atoms with Gasteiger partial charge in [0.05, 0.1) is 17.2 Å². The number of nitrogens with zero attached hydrogens (tertiary/aromatic N) is 1. The van der Waals surface area contributed by atoms with Crippen LogP contribution in [0.25, 0.3) is 10.9 Å². The summed E-state index contributed by atoms with van der Waals surface area (Å²) < 4.78 is 5.26. The Labute approximate surface area is 254 Å². The van der Waals surface area contributed by atoms with Crippen LogP contribution in [0.1, 0.15) is 64.5 Å². The average molecular weight is 592 g/mol. The van der Waals surface area contributed by atoms with Crippen molar-refractivity contribution in [1.82, 2.24) is 26.5 Å². The number of pyridine rings is 1. The molecular weight excluding hydrogens is 546 g/mol. The summed E-state index contributed by atoms with van der Waals surface area (Å²) >= 11 is 0. The second-order valence-electron chi connectivity index (χ2n) is 12.5. The molecule has 10 nitrogen and oxygen atoms in total. The first-order valence-corrected chi connectivity index (χ1v) is 14.6. The number of hydrogen-bond donors (Lipinski definition) is 5. The van der Waals surface area contributed by atoms with Crippen LogP contribution >= 0.6 is 0 Å². The number of benzene rings is 2. The number of aromatic nitrogens is 1. The molecule has 0 aliphatic carbocycles. The van der Waals surface area contributed by atoms with Gasteiger partial charge in [0.15, 0.2) is 0 Å². The minimum absolute atomic E-state index is 0.0791. The van der Waals surface area contributed by atoms with Gasteiger partial charge in [0.1, 0.15) is 17.3 Å². The highest BCUT2D eigenvalue weighted by atomic mass is 16.6. The maximum absolute atomic E-state index is 13.9. The molecule has 5 N–H and O–H groups in total. The number of para-hydroxylation sites is 1. The van der Waals surface area contributed by atoms with Gasteiger partial charge in [0.25, 0.3) is 5.91 Å². The Balaban J connectivity index is 1.84. The fourth-order valence-electron chi connectivity index (χ4n) is 4.87. The van der Waals surface area contributed by atoms with E-state index in [1.54, 1.807) is 26.8 Å². The number of aliphatic hydroxyl groups is 1. The van der Waals surface area contributed by atoms with E-state index in [-0.39, 0.29) is 24.1 Å². The maximum Gasteiger partial charge on any atom is 0.422 e. The van der Waals surface area contributed by atoms with E-state index in [1.165, 1.54) is 0 Å². The molecular formula is C33H45N5O5. The lowest BCUT2D eigenvalue weighted by molar-refractivity contribution is -0.129. The molecule has 0 saturated heterocycles. The molecule has 0 radical (unpaired) electrons. The smallest absolute Gasteiger partial charge is 0.422 e. The molecule has 1 heterocycles. The SMILES string of the molecule is CC(C)[C@H](NC(=O)c1ccc2ccccc2n1)C(=O)N[C@@](Cc1ccccc1)(C(C)C)[C@H](O)CNNC(=O)OC(C)(C)C. The van der Waals surface area contributed by atoms with E-state index in [0.29, 0.717) is 11.9 Å². The molecule has 3 aromatic rings. The highest BCUT2D eigenvalue weighted by molar-refractivity contribution is 5.98. The summed E-state index contributed by atoms with van der Waals surface area (Å²) in [6.07, 6.45) is -1.53. The number of rotatable bonds is 12. The number of amides is 3. The largest absolute Gasteiger partial charge is 0.443 e. The number of hydrazine groups is 1. The fourth-order valence-corrected chi connectivity index (χ4v) is 4.87. The summed E-state index contributed by atoms with van der Waals surface area (Å²) in [5.41, 5.74) is 5.12. The topological polar surface area (TPSA) is 142 Å². The van der Waals surface area contributed by atoms with Crippen molar-refractivity contribution in [3.8, 4) is 0 Å². The fraction of sp³-hybridized carbons (Fsp3) is 0.455. The summed E-state index contributed by atoms with van der Waals surface area (Å²) in [4.78, 5) is 43.8. The summed E-state index contributed by atoms with van der Waals surface area (Å²) in [6, 6.07) is 19.6. The van der Waals surface area contributed by atoms with Crippen molar-refractivity contribution in [1.29, 1.82) is 0 Å². The predicted molar refractivity (Wildman–Crippen MR) is 167 cm³/mol. The molecule has 2 aromatic carbocycles. The first-order valence-electron chi connectivity index (χ1n) is 14.6. The summed E-state index contributed by atoms with van der Waals surface area (Å²) in [7, 11) is 0. The first-order chi connectivity index (χ1) is 20.2. The third kappa shape index (κ3) is 9.23. The molecule has 0 saturated carbocycles. The van der Waals surface area contributed by atoms with Gasteiger partial charge in [-0.15, -0.1) is 0 Å². The van der Waals surface area contributed by atoms with Crippen LogP contribution in [0.15, 0.2) is 66.7 Å². The molecule has 10 heteroatoms. The van der Waals surface area contributed by atoms with E-state index < -0.39 is 41.2 Å². The number of fused-ring (bicyclic) bond motifs is 1. The zero-order valence-corrected chi connectivity index (χ0v) is 26.1. The molecule has 1 aromatic heterocycles. The Hall–Kier alpha value is -4.02. The van der Waals surface area contributed by atoms with Gasteiger partial charge in [-0.1, -0.05) is 82.3 Å². The van der Waals surface area contributed by atoms with Crippen LogP contribution in [0.3, 0.4) is 0 Å². The van der Waals surface area contributed by atoms with Gasteiger partial charge in [-0.2, -0.15) is 0 Å². The van der Waals surface area contributed by atoms with Crippen LogP contribution in [0.4, 0.5) is 4.79 Å². The van der Waals surface area contributed by atoms with Crippen molar-refractivity contribution in [2.45, 2.75) is 78.2 Å². The minimum Gasteiger partial charge on any atom is -0.443 e. The van der Waals surface area contributed by atoms with Crippen molar-refractivity contribution >= 4 is 28.8 Å². The summed E-state index contributed by atoms with van der Waals surface area (Å²) in [5, 5.41) is 18.5. The number of hydrogen-bond acceptors (Lipinski definition) is 7. The molecule has 0 fully saturated rings. The lowest BCUT2D eigenvalue weighted by atomic mass is 9.75. The van der Waals surface area contributed by atoms with E-state index in [4.69, 9.17) is 4.74 Å². The average Bonchev–Trinajstić information content (AvgIpc) is 2.94. The number of aliphatic hydroxyl groups excluding tert-OH is 1. The molecule has 0 spiro atoms. The third-order valence-corrected chi connectivity index (χ3v) is 7.27. The van der Waals surface area contributed by atoms with Gasteiger partial charge in [-0.25, -0.2) is 15.2 Å². The van der Waals surface area contributed by atoms with Gasteiger partial charge >= 0.3 is 6.09 Å². The molecule has 232 valence electrons. The molecule has 0 aliphatic heterocycles. The maximum atomic E-state index is 13.9. The Morgan fingerprint density at radius 2 is 1.56 bits per heavy atom. The van der Waals surface area contributed by atoms with Gasteiger partial charge < -0.3 is 20.5 Å². The zero-order chi connectivity index (χ0) is 31.8. The normalized spacial score (nSPS) is 14.6. The summed E-state index contributed by atoms with van der Waals surface area (Å²) in [5.74, 6) is -1.43. The quantitative estimate of drug-likeness (QED) is 0.199. The Bertz CT molecular complexity index is 1390. The van der Waals surface area contributed by atoms with Crippen molar-refractivity contribution in [2.24, 2.45) is 11.8 Å². The Kier molecular flexibility index (Phi) is 11.2. The lowest BCUT2D eigenvalue weighted by Crippen LogP contribution is -2.67. The van der Waals surface area contributed by atoms with Crippen LogP contribution in [0.2, 0.25) is 0 Å². The Morgan fingerprint density at radius 1 is 0.907 bits per heavy atom. The van der Waals surface area contributed by atoms with E-state index in [1.807, 2.05) is 88.4 Å². The van der Waals surface area contributed by atoms with Crippen molar-refractivity contribution in [3.63, 3.8) is 0 Å². The van der Waals surface area contributed by atoms with Gasteiger partial charge in [-0.3, -0.25) is 15.0 Å². The molecule has 0 bridgehead atoms. The number of nitrogens with one attached hydrogen (secondary N) is 4. The lowest BCUT2D eigenvalue weighted by Gasteiger charge is -2.44. The molecule has 0 aliphatic rings. The van der Waals surface area contributed by atoms with Crippen molar-refractivity contribution < 1.29 is 24.2 Å². The van der Waals surface area contributed by atoms with E-state index in [2.05, 4.69) is 26.5 Å². The first kappa shape index (κ1) is 33.5. The Morgan fingerprint density at radius 3 is 2.19 bits per heavy atom. The second-order valence-corrected chi connectivity index (χ2v) is 12.5. The van der Waals surface area contributed by atoms with Crippen LogP contribution in [-0.4, -0.2) is 57.8 Å². The van der Waals surface area contributed by atoms with Gasteiger partial charge in [-0.05, 0) is 56.7 Å².